The summed E-state index contributed by atoms with van der Waals surface area (Å²) in [7, 11) is 0. The molecule has 3 N–H and O–H groups in total. The van der Waals surface area contributed by atoms with E-state index < -0.39 is 0 Å². The van der Waals surface area contributed by atoms with Crippen molar-refractivity contribution in [3.8, 4) is 0 Å². The first-order valence-electron chi connectivity index (χ1n) is 3.99. The maximum absolute atomic E-state index is 9.43. The Hall–Kier alpha value is -0.0800. The van der Waals surface area contributed by atoms with Gasteiger partial charge >= 0.3 is 0 Å². The molecule has 0 aromatic carbocycles. The van der Waals surface area contributed by atoms with Gasteiger partial charge in [-0.15, -0.1) is 0 Å². The van der Waals surface area contributed by atoms with Crippen molar-refractivity contribution in [3.05, 3.63) is 0 Å². The highest BCUT2D eigenvalue weighted by Crippen LogP contribution is 2.29. The summed E-state index contributed by atoms with van der Waals surface area (Å²) in [6.45, 7) is 4.13. The summed E-state index contributed by atoms with van der Waals surface area (Å²) in [6, 6.07) is 0. The SMILES string of the molecule is CC1CCC(O)C(C)(N)C1. The van der Waals surface area contributed by atoms with Crippen molar-refractivity contribution < 1.29 is 5.11 Å². The van der Waals surface area contributed by atoms with Crippen LogP contribution in [0, 0.1) is 5.92 Å². The molecule has 2 heteroatoms. The van der Waals surface area contributed by atoms with Crippen molar-refractivity contribution in [2.45, 2.75) is 44.8 Å². The van der Waals surface area contributed by atoms with E-state index in [9.17, 15) is 5.11 Å². The average molecular weight is 143 g/mol. The van der Waals surface area contributed by atoms with E-state index in [0.29, 0.717) is 5.92 Å². The average Bonchev–Trinajstić information content (AvgIpc) is 1.78. The molecule has 0 saturated heterocycles. The summed E-state index contributed by atoms with van der Waals surface area (Å²) in [6.07, 6.45) is 2.65. The fourth-order valence-corrected chi connectivity index (χ4v) is 1.76. The first-order chi connectivity index (χ1) is 4.52. The zero-order valence-electron chi connectivity index (χ0n) is 6.80. The summed E-state index contributed by atoms with van der Waals surface area (Å²) in [4.78, 5) is 0. The van der Waals surface area contributed by atoms with Crippen LogP contribution < -0.4 is 5.73 Å². The summed E-state index contributed by atoms with van der Waals surface area (Å²) in [5.41, 5.74) is 5.53. The van der Waals surface area contributed by atoms with Crippen molar-refractivity contribution >= 4 is 0 Å². The summed E-state index contributed by atoms with van der Waals surface area (Å²) in [5.74, 6) is 0.679. The zero-order chi connectivity index (χ0) is 7.78. The number of hydrogen-bond donors (Lipinski definition) is 2. The molecule has 0 aliphatic heterocycles. The number of aliphatic hydroxyl groups excluding tert-OH is 1. The number of aliphatic hydroxyl groups is 1. The number of nitrogens with two attached hydrogens (primary N) is 1. The Kier molecular flexibility index (Phi) is 2.02. The Balaban J connectivity index is 2.55. The van der Waals surface area contributed by atoms with Gasteiger partial charge in [-0.2, -0.15) is 0 Å². The molecule has 10 heavy (non-hydrogen) atoms. The Morgan fingerprint density at radius 2 is 2.10 bits per heavy atom. The topological polar surface area (TPSA) is 46.2 Å². The fourth-order valence-electron chi connectivity index (χ4n) is 1.76. The molecule has 1 saturated carbocycles. The van der Waals surface area contributed by atoms with Gasteiger partial charge in [0.1, 0.15) is 0 Å². The zero-order valence-corrected chi connectivity index (χ0v) is 6.80. The normalized spacial score (nSPS) is 49.2. The van der Waals surface area contributed by atoms with Gasteiger partial charge in [0.25, 0.3) is 0 Å². The van der Waals surface area contributed by atoms with Crippen LogP contribution in [0.2, 0.25) is 0 Å². The fraction of sp³-hybridized carbons (Fsp3) is 1.00. The van der Waals surface area contributed by atoms with Gasteiger partial charge in [0, 0.05) is 5.54 Å². The Morgan fingerprint density at radius 3 is 2.50 bits per heavy atom. The minimum atomic E-state index is -0.336. The van der Waals surface area contributed by atoms with E-state index in [1.165, 1.54) is 0 Å². The molecular formula is C8H17NO. The van der Waals surface area contributed by atoms with Gasteiger partial charge in [-0.3, -0.25) is 0 Å². The Labute approximate surface area is 62.4 Å². The highest BCUT2D eigenvalue weighted by Gasteiger charge is 2.34. The van der Waals surface area contributed by atoms with E-state index in [2.05, 4.69) is 6.92 Å². The molecule has 1 rings (SSSR count). The molecular weight excluding hydrogens is 126 g/mol. The lowest BCUT2D eigenvalue weighted by molar-refractivity contribution is 0.0394. The minimum Gasteiger partial charge on any atom is -0.391 e. The second-order valence-corrected chi connectivity index (χ2v) is 3.91. The van der Waals surface area contributed by atoms with Crippen LogP contribution in [-0.2, 0) is 0 Å². The highest BCUT2D eigenvalue weighted by atomic mass is 16.3. The molecule has 0 aromatic rings. The van der Waals surface area contributed by atoms with Gasteiger partial charge in [0.2, 0.25) is 0 Å². The molecule has 1 aliphatic rings. The van der Waals surface area contributed by atoms with E-state index in [4.69, 9.17) is 5.73 Å². The second kappa shape index (κ2) is 2.51. The lowest BCUT2D eigenvalue weighted by atomic mass is 9.76. The number of hydrogen-bond acceptors (Lipinski definition) is 2. The molecule has 3 unspecified atom stereocenters. The smallest absolute Gasteiger partial charge is 0.0717 e. The summed E-state index contributed by atoms with van der Waals surface area (Å²) >= 11 is 0. The standard InChI is InChI=1S/C8H17NO/c1-6-3-4-7(10)8(2,9)5-6/h6-7,10H,3-5,9H2,1-2H3. The lowest BCUT2D eigenvalue weighted by Crippen LogP contribution is -2.51. The Morgan fingerprint density at radius 1 is 1.50 bits per heavy atom. The van der Waals surface area contributed by atoms with Gasteiger partial charge in [-0.25, -0.2) is 0 Å². The van der Waals surface area contributed by atoms with Crippen molar-refractivity contribution in [1.29, 1.82) is 0 Å². The lowest BCUT2D eigenvalue weighted by Gasteiger charge is -2.38. The van der Waals surface area contributed by atoms with Crippen LogP contribution in [0.1, 0.15) is 33.1 Å². The van der Waals surface area contributed by atoms with E-state index >= 15 is 0 Å². The molecule has 2 nitrogen and oxygen atoms in total. The molecule has 0 bridgehead atoms. The molecule has 1 fully saturated rings. The first-order valence-corrected chi connectivity index (χ1v) is 3.99. The van der Waals surface area contributed by atoms with E-state index in [1.807, 2.05) is 6.92 Å². The maximum atomic E-state index is 9.43. The molecule has 1 aliphatic carbocycles. The van der Waals surface area contributed by atoms with Gasteiger partial charge in [-0.05, 0) is 32.1 Å². The third kappa shape index (κ3) is 1.50. The van der Waals surface area contributed by atoms with Crippen LogP contribution in [0.5, 0.6) is 0 Å². The third-order valence-corrected chi connectivity index (χ3v) is 2.48. The highest BCUT2D eigenvalue weighted by molar-refractivity contribution is 4.92. The van der Waals surface area contributed by atoms with E-state index in [-0.39, 0.29) is 11.6 Å². The number of rotatable bonds is 0. The van der Waals surface area contributed by atoms with Gasteiger partial charge in [0.05, 0.1) is 6.10 Å². The molecule has 0 aromatic heterocycles. The van der Waals surface area contributed by atoms with Crippen LogP contribution in [-0.4, -0.2) is 16.7 Å². The predicted octanol–water partition coefficient (Wildman–Crippen LogP) is 0.885. The van der Waals surface area contributed by atoms with E-state index in [0.717, 1.165) is 19.3 Å². The molecule has 0 spiro atoms. The summed E-state index contributed by atoms with van der Waals surface area (Å²) in [5, 5.41) is 9.43. The monoisotopic (exact) mass is 143 g/mol. The minimum absolute atomic E-state index is 0.288. The van der Waals surface area contributed by atoms with Crippen LogP contribution in [0.3, 0.4) is 0 Å². The van der Waals surface area contributed by atoms with E-state index in [1.54, 1.807) is 0 Å². The van der Waals surface area contributed by atoms with Crippen LogP contribution in [0.4, 0.5) is 0 Å². The van der Waals surface area contributed by atoms with Crippen LogP contribution >= 0.6 is 0 Å². The first kappa shape index (κ1) is 8.02. The molecule has 0 radical (unpaired) electrons. The largest absolute Gasteiger partial charge is 0.391 e. The quantitative estimate of drug-likeness (QED) is 0.529. The van der Waals surface area contributed by atoms with Crippen molar-refractivity contribution in [2.24, 2.45) is 11.7 Å². The maximum Gasteiger partial charge on any atom is 0.0717 e. The van der Waals surface area contributed by atoms with Crippen LogP contribution in [0.15, 0.2) is 0 Å². The predicted molar refractivity (Wildman–Crippen MR) is 41.6 cm³/mol. The Bertz CT molecular complexity index is 122. The van der Waals surface area contributed by atoms with Gasteiger partial charge in [-0.1, -0.05) is 6.92 Å². The van der Waals surface area contributed by atoms with Gasteiger partial charge in [0.15, 0.2) is 0 Å². The second-order valence-electron chi connectivity index (χ2n) is 3.91. The van der Waals surface area contributed by atoms with Crippen molar-refractivity contribution in [2.75, 3.05) is 0 Å². The molecule has 60 valence electrons. The van der Waals surface area contributed by atoms with Crippen molar-refractivity contribution in [3.63, 3.8) is 0 Å². The van der Waals surface area contributed by atoms with Gasteiger partial charge < -0.3 is 10.8 Å². The van der Waals surface area contributed by atoms with Crippen LogP contribution in [0.25, 0.3) is 0 Å². The third-order valence-electron chi connectivity index (χ3n) is 2.48. The van der Waals surface area contributed by atoms with Crippen molar-refractivity contribution in [1.82, 2.24) is 0 Å². The molecule has 0 heterocycles. The molecule has 3 atom stereocenters. The molecule has 0 amide bonds. The summed E-state index contributed by atoms with van der Waals surface area (Å²) < 4.78 is 0.